The predicted molar refractivity (Wildman–Crippen MR) is 122 cm³/mol. The third kappa shape index (κ3) is 5.30. The quantitative estimate of drug-likeness (QED) is 0.561. The van der Waals surface area contributed by atoms with Crippen LogP contribution in [-0.2, 0) is 4.79 Å². The first-order valence-corrected chi connectivity index (χ1v) is 11.0. The molecular weight excluding hydrogens is 426 g/mol. The number of benzene rings is 3. The molecule has 0 aliphatic carbocycles. The summed E-state index contributed by atoms with van der Waals surface area (Å²) < 4.78 is 29.4. The Morgan fingerprint density at radius 1 is 1.00 bits per heavy atom. The number of halogens is 2. The average Bonchev–Trinajstić information content (AvgIpc) is 2.83. The number of nitrogens with zero attached hydrogens (tertiary/aromatic N) is 1. The van der Waals surface area contributed by atoms with Crippen LogP contribution in [0.2, 0.25) is 0 Å². The number of fused-ring (bicyclic) bond motifs is 1. The minimum absolute atomic E-state index is 0.0186. The zero-order chi connectivity index (χ0) is 23.4. The number of carbonyl (C=O) groups excluding carboxylic acids is 2. The van der Waals surface area contributed by atoms with Crippen LogP contribution in [0.5, 0.6) is 5.75 Å². The molecule has 1 N–H and O–H groups in total. The van der Waals surface area contributed by atoms with Gasteiger partial charge >= 0.3 is 6.61 Å². The number of hydrogen-bond acceptors (Lipinski definition) is 3. The molecule has 0 radical (unpaired) electrons. The number of alkyl halides is 2. The van der Waals surface area contributed by atoms with Crippen molar-refractivity contribution in [3.8, 4) is 5.75 Å². The number of carbonyl (C=O) groups is 2. The van der Waals surface area contributed by atoms with Crippen LogP contribution in [-0.4, -0.2) is 36.4 Å². The molecule has 1 aliphatic rings. The van der Waals surface area contributed by atoms with Crippen molar-refractivity contribution in [1.82, 2.24) is 10.2 Å². The highest BCUT2D eigenvalue weighted by atomic mass is 19.3. The standard InChI is InChI=1S/C26H26F2N2O3/c1-17(20-8-4-9-21(16-20)33-26(27)28)29-24(31)19-12-14-30(15-13-19)25(32)23-11-5-7-18-6-2-3-10-22(18)23/h2-11,16-17,19,26H,12-15H2,1H3,(H,29,31). The lowest BCUT2D eigenvalue weighted by Crippen LogP contribution is -2.43. The van der Waals surface area contributed by atoms with Gasteiger partial charge in [0.1, 0.15) is 5.75 Å². The lowest BCUT2D eigenvalue weighted by atomic mass is 9.94. The van der Waals surface area contributed by atoms with Crippen molar-refractivity contribution in [3.63, 3.8) is 0 Å². The molecule has 1 heterocycles. The van der Waals surface area contributed by atoms with E-state index < -0.39 is 6.61 Å². The Bertz CT molecular complexity index is 1140. The van der Waals surface area contributed by atoms with Crippen LogP contribution in [0.15, 0.2) is 66.7 Å². The van der Waals surface area contributed by atoms with E-state index in [0.717, 1.165) is 10.8 Å². The molecule has 7 heteroatoms. The highest BCUT2D eigenvalue weighted by Gasteiger charge is 2.29. The first-order valence-electron chi connectivity index (χ1n) is 11.0. The van der Waals surface area contributed by atoms with Crippen molar-refractivity contribution < 1.29 is 23.1 Å². The number of piperidine rings is 1. The maximum absolute atomic E-state index is 13.1. The van der Waals surface area contributed by atoms with Gasteiger partial charge in [0.15, 0.2) is 0 Å². The number of ether oxygens (including phenoxy) is 1. The van der Waals surface area contributed by atoms with Crippen LogP contribution in [0.4, 0.5) is 8.78 Å². The van der Waals surface area contributed by atoms with E-state index in [2.05, 4.69) is 10.1 Å². The molecule has 1 saturated heterocycles. The minimum Gasteiger partial charge on any atom is -0.435 e. The number of amides is 2. The van der Waals surface area contributed by atoms with Crippen LogP contribution in [0.1, 0.15) is 41.7 Å². The van der Waals surface area contributed by atoms with Gasteiger partial charge in [0, 0.05) is 24.6 Å². The Morgan fingerprint density at radius 3 is 2.45 bits per heavy atom. The van der Waals surface area contributed by atoms with Gasteiger partial charge in [0.05, 0.1) is 6.04 Å². The summed E-state index contributed by atoms with van der Waals surface area (Å²) in [6.45, 7) is -0.0799. The molecule has 0 saturated carbocycles. The fraction of sp³-hybridized carbons (Fsp3) is 0.308. The second-order valence-corrected chi connectivity index (χ2v) is 8.27. The summed E-state index contributed by atoms with van der Waals surface area (Å²) in [6, 6.07) is 19.5. The number of hydrogen-bond donors (Lipinski definition) is 1. The second-order valence-electron chi connectivity index (χ2n) is 8.27. The summed E-state index contributed by atoms with van der Waals surface area (Å²) in [5, 5.41) is 4.91. The first kappa shape index (κ1) is 22.7. The summed E-state index contributed by atoms with van der Waals surface area (Å²) in [6.07, 6.45) is 1.15. The van der Waals surface area contributed by atoms with Crippen LogP contribution in [0.25, 0.3) is 10.8 Å². The number of likely N-dealkylation sites (tertiary alicyclic amines) is 1. The van der Waals surface area contributed by atoms with Gasteiger partial charge in [-0.3, -0.25) is 9.59 Å². The van der Waals surface area contributed by atoms with Crippen molar-refractivity contribution >= 4 is 22.6 Å². The molecule has 33 heavy (non-hydrogen) atoms. The fourth-order valence-corrected chi connectivity index (χ4v) is 4.30. The normalized spacial score (nSPS) is 15.5. The predicted octanol–water partition coefficient (Wildman–Crippen LogP) is 5.17. The maximum atomic E-state index is 13.1. The van der Waals surface area contributed by atoms with Gasteiger partial charge in [-0.25, -0.2) is 0 Å². The first-order chi connectivity index (χ1) is 15.9. The number of nitrogens with one attached hydrogen (secondary N) is 1. The Hall–Kier alpha value is -3.48. The molecule has 2 amide bonds. The monoisotopic (exact) mass is 452 g/mol. The Morgan fingerprint density at radius 2 is 1.70 bits per heavy atom. The van der Waals surface area contributed by atoms with E-state index in [0.29, 0.717) is 37.1 Å². The summed E-state index contributed by atoms with van der Waals surface area (Å²) in [5.74, 6) is -0.261. The van der Waals surface area contributed by atoms with Gasteiger partial charge in [-0.15, -0.1) is 0 Å². The lowest BCUT2D eigenvalue weighted by molar-refractivity contribution is -0.127. The Labute approximate surface area is 191 Å². The molecule has 0 bridgehead atoms. The third-order valence-corrected chi connectivity index (χ3v) is 6.12. The van der Waals surface area contributed by atoms with Crippen LogP contribution in [0, 0.1) is 5.92 Å². The molecular formula is C26H26F2N2O3. The SMILES string of the molecule is CC(NC(=O)C1CCN(C(=O)c2cccc3ccccc23)CC1)c1cccc(OC(F)F)c1. The number of rotatable bonds is 6. The van der Waals surface area contributed by atoms with Crippen molar-refractivity contribution in [2.45, 2.75) is 32.4 Å². The molecule has 0 spiro atoms. The van der Waals surface area contributed by atoms with Gasteiger partial charge in [-0.1, -0.05) is 48.5 Å². The van der Waals surface area contributed by atoms with Gasteiger partial charge in [-0.2, -0.15) is 8.78 Å². The van der Waals surface area contributed by atoms with E-state index in [1.165, 1.54) is 12.1 Å². The zero-order valence-corrected chi connectivity index (χ0v) is 18.3. The molecule has 172 valence electrons. The molecule has 1 aliphatic heterocycles. The van der Waals surface area contributed by atoms with Gasteiger partial charge in [0.2, 0.25) is 5.91 Å². The largest absolute Gasteiger partial charge is 0.435 e. The van der Waals surface area contributed by atoms with Crippen molar-refractivity contribution in [2.24, 2.45) is 5.92 Å². The van der Waals surface area contributed by atoms with Gasteiger partial charge in [0.25, 0.3) is 5.91 Å². The molecule has 4 rings (SSSR count). The molecule has 1 unspecified atom stereocenters. The van der Waals surface area contributed by atoms with E-state index in [-0.39, 0.29) is 29.5 Å². The van der Waals surface area contributed by atoms with Crippen molar-refractivity contribution in [2.75, 3.05) is 13.1 Å². The topological polar surface area (TPSA) is 58.6 Å². The lowest BCUT2D eigenvalue weighted by Gasteiger charge is -2.32. The van der Waals surface area contributed by atoms with E-state index >= 15 is 0 Å². The summed E-state index contributed by atoms with van der Waals surface area (Å²) in [4.78, 5) is 27.7. The molecule has 0 aromatic heterocycles. The summed E-state index contributed by atoms with van der Waals surface area (Å²) in [7, 11) is 0. The second kappa shape index (κ2) is 9.98. The highest BCUT2D eigenvalue weighted by Crippen LogP contribution is 2.25. The van der Waals surface area contributed by atoms with Crippen LogP contribution < -0.4 is 10.1 Å². The molecule has 1 fully saturated rings. The summed E-state index contributed by atoms with van der Waals surface area (Å²) in [5.41, 5.74) is 1.36. The smallest absolute Gasteiger partial charge is 0.387 e. The highest BCUT2D eigenvalue weighted by molar-refractivity contribution is 6.07. The van der Waals surface area contributed by atoms with Crippen molar-refractivity contribution in [1.29, 1.82) is 0 Å². The fourth-order valence-electron chi connectivity index (χ4n) is 4.30. The van der Waals surface area contributed by atoms with Gasteiger partial charge < -0.3 is 15.0 Å². The zero-order valence-electron chi connectivity index (χ0n) is 18.3. The van der Waals surface area contributed by atoms with E-state index in [1.54, 1.807) is 24.0 Å². The molecule has 3 aromatic carbocycles. The molecule has 1 atom stereocenters. The third-order valence-electron chi connectivity index (χ3n) is 6.12. The Kier molecular flexibility index (Phi) is 6.87. The van der Waals surface area contributed by atoms with E-state index in [1.807, 2.05) is 42.5 Å². The van der Waals surface area contributed by atoms with E-state index in [9.17, 15) is 18.4 Å². The van der Waals surface area contributed by atoms with E-state index in [4.69, 9.17) is 0 Å². The van der Waals surface area contributed by atoms with Crippen LogP contribution in [0.3, 0.4) is 0 Å². The van der Waals surface area contributed by atoms with Crippen molar-refractivity contribution in [3.05, 3.63) is 77.9 Å². The maximum Gasteiger partial charge on any atom is 0.387 e. The van der Waals surface area contributed by atoms with Gasteiger partial charge in [-0.05, 0) is 54.3 Å². The summed E-state index contributed by atoms with van der Waals surface area (Å²) >= 11 is 0. The molecule has 5 nitrogen and oxygen atoms in total. The minimum atomic E-state index is -2.90. The Balaban J connectivity index is 1.35. The average molecular weight is 453 g/mol. The molecule has 3 aromatic rings. The van der Waals surface area contributed by atoms with Crippen LogP contribution >= 0.6 is 0 Å².